The molecule has 1 saturated carbocycles. The zero-order chi connectivity index (χ0) is 16.3. The first kappa shape index (κ1) is 17.1. The van der Waals surface area contributed by atoms with Crippen LogP contribution in [0.15, 0.2) is 18.2 Å². The van der Waals surface area contributed by atoms with Gasteiger partial charge in [0.15, 0.2) is 6.54 Å². The predicted molar refractivity (Wildman–Crippen MR) is 86.6 cm³/mol. The number of quaternary nitrogens is 1. The third-order valence-corrected chi connectivity index (χ3v) is 4.70. The lowest BCUT2D eigenvalue weighted by molar-refractivity contribution is -0.682. The molecule has 2 atom stereocenters. The van der Waals surface area contributed by atoms with E-state index < -0.39 is 5.54 Å². The zero-order valence-electron chi connectivity index (χ0n) is 12.7. The topological polar surface area (TPSA) is 69.5 Å². The second-order valence-electron chi connectivity index (χ2n) is 6.03. The molecule has 0 radical (unpaired) electrons. The zero-order valence-corrected chi connectivity index (χ0v) is 14.2. The van der Waals surface area contributed by atoms with Crippen LogP contribution < -0.4 is 10.6 Å². The normalized spacial score (nSPS) is 18.1. The molecule has 1 fully saturated rings. The first-order chi connectivity index (χ1) is 10.4. The van der Waals surface area contributed by atoms with Gasteiger partial charge in [0.05, 0.1) is 11.1 Å². The summed E-state index contributed by atoms with van der Waals surface area (Å²) in [5, 5.41) is 15.2. The molecule has 0 bridgehead atoms. The van der Waals surface area contributed by atoms with Gasteiger partial charge in [-0.3, -0.25) is 4.79 Å². The molecule has 0 unspecified atom stereocenters. The molecule has 6 heteroatoms. The highest BCUT2D eigenvalue weighted by Crippen LogP contribution is 2.39. The molecule has 1 amide bonds. The summed E-state index contributed by atoms with van der Waals surface area (Å²) < 4.78 is 0. The van der Waals surface area contributed by atoms with Crippen LogP contribution in [-0.2, 0) is 4.79 Å². The lowest BCUT2D eigenvalue weighted by Gasteiger charge is -2.22. The molecule has 0 aliphatic heterocycles. The Morgan fingerprint density at radius 2 is 2.23 bits per heavy atom. The summed E-state index contributed by atoms with van der Waals surface area (Å²) in [5.41, 5.74) is 0.190. The molecule has 22 heavy (non-hydrogen) atoms. The number of nitriles is 1. The highest BCUT2D eigenvalue weighted by molar-refractivity contribution is 6.35. The lowest BCUT2D eigenvalue weighted by Crippen LogP contribution is -2.87. The Kier molecular flexibility index (Phi) is 5.33. The number of rotatable bonds is 6. The van der Waals surface area contributed by atoms with E-state index in [-0.39, 0.29) is 24.4 Å². The van der Waals surface area contributed by atoms with Gasteiger partial charge in [-0.2, -0.15) is 5.26 Å². The maximum Gasteiger partial charge on any atom is 0.276 e. The van der Waals surface area contributed by atoms with Crippen LogP contribution in [0.3, 0.4) is 0 Å². The average Bonchev–Trinajstić information content (AvgIpc) is 3.29. The van der Waals surface area contributed by atoms with Gasteiger partial charge in [0, 0.05) is 10.6 Å². The van der Waals surface area contributed by atoms with Crippen molar-refractivity contribution in [2.45, 2.75) is 38.3 Å². The van der Waals surface area contributed by atoms with Gasteiger partial charge in [0.25, 0.3) is 5.91 Å². The fourth-order valence-corrected chi connectivity index (χ4v) is 3.08. The summed E-state index contributed by atoms with van der Waals surface area (Å²) in [7, 11) is 0. The monoisotopic (exact) mass is 340 g/mol. The lowest BCUT2D eigenvalue weighted by atomic mass is 9.98. The number of amides is 1. The van der Waals surface area contributed by atoms with Crippen molar-refractivity contribution in [1.29, 1.82) is 5.26 Å². The van der Waals surface area contributed by atoms with E-state index in [0.717, 1.165) is 18.4 Å². The van der Waals surface area contributed by atoms with Crippen molar-refractivity contribution in [3.05, 3.63) is 33.8 Å². The third kappa shape index (κ3) is 4.13. The van der Waals surface area contributed by atoms with Gasteiger partial charge in [0.1, 0.15) is 11.6 Å². The van der Waals surface area contributed by atoms with Crippen LogP contribution in [0.25, 0.3) is 0 Å². The molecule has 118 valence electrons. The Morgan fingerprint density at radius 1 is 1.55 bits per heavy atom. The SMILES string of the molecule is C[C@@H]([NH2+]CC(=O)N[C@@](C)(C#N)C1CC1)c1ccc(Cl)cc1Cl. The van der Waals surface area contributed by atoms with Crippen LogP contribution in [0, 0.1) is 17.2 Å². The van der Waals surface area contributed by atoms with Crippen LogP contribution in [-0.4, -0.2) is 18.0 Å². The van der Waals surface area contributed by atoms with Crippen LogP contribution in [0.1, 0.15) is 38.3 Å². The summed E-state index contributed by atoms with van der Waals surface area (Å²) in [5.74, 6) is 0.150. The standard InChI is InChI=1S/C16H19Cl2N3O/c1-10(13-6-5-12(17)7-14(13)18)20-8-15(22)21-16(2,9-19)11-3-4-11/h5-7,10-11,20H,3-4,8H2,1-2H3,(H,21,22)/p+1/t10-,16+/m1/s1. The number of carbonyl (C=O) groups excluding carboxylic acids is 1. The first-order valence-electron chi connectivity index (χ1n) is 7.36. The molecule has 1 aromatic carbocycles. The van der Waals surface area contributed by atoms with Gasteiger partial charge in [-0.1, -0.05) is 29.3 Å². The molecule has 0 saturated heterocycles. The van der Waals surface area contributed by atoms with E-state index in [9.17, 15) is 10.1 Å². The number of carbonyl (C=O) groups is 1. The number of halogens is 2. The van der Waals surface area contributed by atoms with Crippen molar-refractivity contribution in [3.8, 4) is 6.07 Å². The van der Waals surface area contributed by atoms with Crippen LogP contribution in [0.2, 0.25) is 10.0 Å². The van der Waals surface area contributed by atoms with E-state index in [4.69, 9.17) is 23.2 Å². The highest BCUT2D eigenvalue weighted by atomic mass is 35.5. The third-order valence-electron chi connectivity index (χ3n) is 4.14. The number of hydrogen-bond donors (Lipinski definition) is 2. The number of nitrogens with one attached hydrogen (secondary N) is 1. The van der Waals surface area contributed by atoms with Gasteiger partial charge < -0.3 is 10.6 Å². The highest BCUT2D eigenvalue weighted by Gasteiger charge is 2.43. The summed E-state index contributed by atoms with van der Waals surface area (Å²) in [6, 6.07) is 7.61. The van der Waals surface area contributed by atoms with Crippen molar-refractivity contribution in [1.82, 2.24) is 5.32 Å². The van der Waals surface area contributed by atoms with Crippen LogP contribution in [0.5, 0.6) is 0 Å². The molecule has 3 N–H and O–H groups in total. The van der Waals surface area contributed by atoms with Crippen molar-refractivity contribution in [2.75, 3.05) is 6.54 Å². The smallest absolute Gasteiger partial charge is 0.276 e. The van der Waals surface area contributed by atoms with Crippen molar-refractivity contribution in [3.63, 3.8) is 0 Å². The summed E-state index contributed by atoms with van der Waals surface area (Å²) >= 11 is 12.1. The number of nitrogens with zero attached hydrogens (tertiary/aromatic N) is 1. The maximum atomic E-state index is 12.1. The quantitative estimate of drug-likeness (QED) is 0.834. The van der Waals surface area contributed by atoms with Gasteiger partial charge in [-0.15, -0.1) is 0 Å². The molecule has 1 aliphatic rings. The molecule has 2 rings (SSSR count). The van der Waals surface area contributed by atoms with E-state index >= 15 is 0 Å². The fourth-order valence-electron chi connectivity index (χ4n) is 2.50. The van der Waals surface area contributed by atoms with Crippen LogP contribution >= 0.6 is 23.2 Å². The molecule has 0 heterocycles. The van der Waals surface area contributed by atoms with E-state index in [1.54, 1.807) is 19.1 Å². The first-order valence-corrected chi connectivity index (χ1v) is 8.12. The van der Waals surface area contributed by atoms with E-state index in [1.165, 1.54) is 0 Å². The van der Waals surface area contributed by atoms with Gasteiger partial charge >= 0.3 is 0 Å². The van der Waals surface area contributed by atoms with Crippen molar-refractivity contribution in [2.24, 2.45) is 5.92 Å². The number of nitrogens with two attached hydrogens (primary N) is 1. The van der Waals surface area contributed by atoms with E-state index in [0.29, 0.717) is 10.0 Å². The van der Waals surface area contributed by atoms with Crippen LogP contribution in [0.4, 0.5) is 0 Å². The summed E-state index contributed by atoms with van der Waals surface area (Å²) in [6.07, 6.45) is 2.01. The average molecular weight is 341 g/mol. The molecule has 0 aromatic heterocycles. The predicted octanol–water partition coefficient (Wildman–Crippen LogP) is 2.43. The Balaban J connectivity index is 1.89. The maximum absolute atomic E-state index is 12.1. The molecular weight excluding hydrogens is 321 g/mol. The summed E-state index contributed by atoms with van der Waals surface area (Å²) in [6.45, 7) is 4.03. The van der Waals surface area contributed by atoms with E-state index in [2.05, 4.69) is 11.4 Å². The minimum absolute atomic E-state index is 0.0322. The van der Waals surface area contributed by atoms with E-state index in [1.807, 2.05) is 18.3 Å². The largest absolute Gasteiger partial charge is 0.333 e. The van der Waals surface area contributed by atoms with Crippen molar-refractivity contribution < 1.29 is 10.1 Å². The molecule has 1 aliphatic carbocycles. The second-order valence-corrected chi connectivity index (χ2v) is 6.87. The van der Waals surface area contributed by atoms with Crippen molar-refractivity contribution >= 4 is 29.1 Å². The minimum Gasteiger partial charge on any atom is -0.333 e. The fraction of sp³-hybridized carbons (Fsp3) is 0.500. The molecular formula is C16H20Cl2N3O+. The van der Waals surface area contributed by atoms with Gasteiger partial charge in [-0.05, 0) is 44.7 Å². The Hall–Kier alpha value is -1.28. The molecule has 0 spiro atoms. The van der Waals surface area contributed by atoms with Gasteiger partial charge in [-0.25, -0.2) is 0 Å². The Bertz CT molecular complexity index is 610. The molecule has 1 aromatic rings. The summed E-state index contributed by atoms with van der Waals surface area (Å²) in [4.78, 5) is 12.1. The molecule has 4 nitrogen and oxygen atoms in total. The minimum atomic E-state index is -0.744. The second kappa shape index (κ2) is 6.87. The number of hydrogen-bond acceptors (Lipinski definition) is 2. The van der Waals surface area contributed by atoms with Gasteiger partial charge in [0.2, 0.25) is 0 Å². The Labute approximate surface area is 140 Å². The Morgan fingerprint density at radius 3 is 2.77 bits per heavy atom. The number of benzene rings is 1.